The molecule has 0 aliphatic carbocycles. The fourth-order valence-corrected chi connectivity index (χ4v) is 2.68. The summed E-state index contributed by atoms with van der Waals surface area (Å²) in [4.78, 5) is 55.1. The highest BCUT2D eigenvalue weighted by Crippen LogP contribution is 2.18. The zero-order chi connectivity index (χ0) is 20.8. The van der Waals surface area contributed by atoms with Crippen molar-refractivity contribution in [2.75, 3.05) is 0 Å². The van der Waals surface area contributed by atoms with Gasteiger partial charge < -0.3 is 9.47 Å². The lowest BCUT2D eigenvalue weighted by Gasteiger charge is -2.22. The van der Waals surface area contributed by atoms with Crippen LogP contribution in [-0.4, -0.2) is 32.0 Å². The molecule has 0 aliphatic heterocycles. The van der Waals surface area contributed by atoms with Gasteiger partial charge >= 0.3 is 5.69 Å². The number of aromatic nitrogens is 4. The van der Waals surface area contributed by atoms with E-state index < -0.39 is 29.5 Å². The first-order valence-electron chi connectivity index (χ1n) is 8.09. The summed E-state index contributed by atoms with van der Waals surface area (Å²) in [5, 5.41) is 0. The number of carbonyl (C=O) groups excluding carboxylic acids is 2. The molecule has 29 heavy (non-hydrogen) atoms. The molecule has 3 aromatic rings. The van der Waals surface area contributed by atoms with Crippen LogP contribution in [0.25, 0.3) is 0 Å². The predicted octanol–water partition coefficient (Wildman–Crippen LogP) is 0.379. The monoisotopic (exact) mass is 400 g/mol. The van der Waals surface area contributed by atoms with Gasteiger partial charge in [-0.25, -0.2) is 9.36 Å². The molecule has 2 unspecified atom stereocenters. The first-order chi connectivity index (χ1) is 14.1. The lowest BCUT2D eigenvalue weighted by Crippen LogP contribution is -2.45. The highest BCUT2D eigenvalue weighted by atomic mass is 19.1. The molecule has 0 saturated carbocycles. The van der Waals surface area contributed by atoms with Gasteiger partial charge in [-0.15, -0.1) is 0 Å². The number of pyridine rings is 2. The minimum absolute atomic E-state index is 0.0132. The Labute approximate surface area is 161 Å². The standard InChI is InChI=1S/C18H13FN4O6/c19-14-9-22(16(28-10-24)12-3-1-5-20-7-12)18(27)23(15(14)26)17(29-11-25)13-4-2-6-21-8-13/h1-11,16-17H. The SMILES string of the molecule is O=COC(c1cccnc1)n1cc(F)c(=O)n(C(OC=O)c2cccnc2)c1=O. The molecule has 0 fully saturated rings. The summed E-state index contributed by atoms with van der Waals surface area (Å²) in [7, 11) is 0. The van der Waals surface area contributed by atoms with Crippen LogP contribution in [0.2, 0.25) is 0 Å². The average Bonchev–Trinajstić information content (AvgIpc) is 2.75. The molecule has 3 rings (SSSR count). The summed E-state index contributed by atoms with van der Waals surface area (Å²) in [6.45, 7) is 0.0806. The second-order valence-electron chi connectivity index (χ2n) is 5.58. The summed E-state index contributed by atoms with van der Waals surface area (Å²) < 4.78 is 25.3. The van der Waals surface area contributed by atoms with Crippen molar-refractivity contribution >= 4 is 12.9 Å². The average molecular weight is 400 g/mol. The van der Waals surface area contributed by atoms with Crippen molar-refractivity contribution in [1.82, 2.24) is 19.1 Å². The molecule has 0 N–H and O–H groups in total. The third-order valence-corrected chi connectivity index (χ3v) is 3.90. The molecule has 3 aromatic heterocycles. The first kappa shape index (κ1) is 19.6. The number of halogens is 1. The van der Waals surface area contributed by atoms with Crippen molar-refractivity contribution in [2.24, 2.45) is 0 Å². The van der Waals surface area contributed by atoms with Crippen LogP contribution >= 0.6 is 0 Å². The molecule has 2 atom stereocenters. The van der Waals surface area contributed by atoms with Crippen molar-refractivity contribution in [1.29, 1.82) is 0 Å². The van der Waals surface area contributed by atoms with Crippen LogP contribution in [0.5, 0.6) is 0 Å². The maximum absolute atomic E-state index is 14.4. The number of rotatable bonds is 8. The van der Waals surface area contributed by atoms with Gasteiger partial charge in [-0.2, -0.15) is 4.39 Å². The molecule has 0 amide bonds. The van der Waals surface area contributed by atoms with Crippen molar-refractivity contribution in [2.45, 2.75) is 12.5 Å². The third kappa shape index (κ3) is 3.93. The molecule has 10 nitrogen and oxygen atoms in total. The zero-order valence-electron chi connectivity index (χ0n) is 14.6. The van der Waals surface area contributed by atoms with Crippen molar-refractivity contribution < 1.29 is 23.5 Å². The molecule has 0 aliphatic rings. The lowest BCUT2D eigenvalue weighted by atomic mass is 10.2. The van der Waals surface area contributed by atoms with Gasteiger partial charge in [0, 0.05) is 35.9 Å². The Morgan fingerprint density at radius 3 is 2.00 bits per heavy atom. The number of ether oxygens (including phenoxy) is 2. The fourth-order valence-electron chi connectivity index (χ4n) is 2.68. The molecule has 148 valence electrons. The Morgan fingerprint density at radius 2 is 1.48 bits per heavy atom. The molecule has 0 spiro atoms. The van der Waals surface area contributed by atoms with Gasteiger partial charge in [0.25, 0.3) is 18.5 Å². The van der Waals surface area contributed by atoms with E-state index in [2.05, 4.69) is 9.97 Å². The summed E-state index contributed by atoms with van der Waals surface area (Å²) in [5.41, 5.74) is -2.05. The van der Waals surface area contributed by atoms with E-state index in [9.17, 15) is 23.6 Å². The number of carbonyl (C=O) groups is 2. The van der Waals surface area contributed by atoms with Crippen LogP contribution in [0.1, 0.15) is 23.6 Å². The van der Waals surface area contributed by atoms with Gasteiger partial charge in [0.15, 0.2) is 0 Å². The Balaban J connectivity index is 2.25. The first-order valence-corrected chi connectivity index (χ1v) is 8.09. The number of nitrogens with zero attached hydrogens (tertiary/aromatic N) is 4. The van der Waals surface area contributed by atoms with E-state index >= 15 is 0 Å². The van der Waals surface area contributed by atoms with E-state index in [0.29, 0.717) is 15.3 Å². The van der Waals surface area contributed by atoms with Gasteiger partial charge in [-0.1, -0.05) is 12.1 Å². The predicted molar refractivity (Wildman–Crippen MR) is 94.0 cm³/mol. The largest absolute Gasteiger partial charge is 0.439 e. The summed E-state index contributed by atoms with van der Waals surface area (Å²) in [5.74, 6) is -1.34. The van der Waals surface area contributed by atoms with Crippen LogP contribution < -0.4 is 11.2 Å². The fraction of sp³-hybridized carbons (Fsp3) is 0.111. The van der Waals surface area contributed by atoms with Gasteiger partial charge in [0.05, 0.1) is 6.20 Å². The van der Waals surface area contributed by atoms with Crippen LogP contribution in [0, 0.1) is 5.82 Å². The van der Waals surface area contributed by atoms with E-state index in [1.54, 1.807) is 0 Å². The Kier molecular flexibility index (Phi) is 5.88. The second-order valence-corrected chi connectivity index (χ2v) is 5.58. The quantitative estimate of drug-likeness (QED) is 0.497. The molecule has 11 heteroatoms. The maximum atomic E-state index is 14.4. The van der Waals surface area contributed by atoms with E-state index in [1.807, 2.05) is 0 Å². The van der Waals surface area contributed by atoms with E-state index in [1.165, 1.54) is 49.1 Å². The Morgan fingerprint density at radius 1 is 0.931 bits per heavy atom. The smallest absolute Gasteiger partial charge is 0.337 e. The third-order valence-electron chi connectivity index (χ3n) is 3.90. The molecular formula is C18H13FN4O6. The topological polar surface area (TPSA) is 122 Å². The Bertz CT molecular complexity index is 1120. The maximum Gasteiger partial charge on any atom is 0.337 e. The van der Waals surface area contributed by atoms with Crippen LogP contribution in [0.15, 0.2) is 64.8 Å². The molecule has 0 radical (unpaired) electrons. The molecule has 0 aromatic carbocycles. The van der Waals surface area contributed by atoms with Crippen molar-refractivity contribution in [3.8, 4) is 0 Å². The van der Waals surface area contributed by atoms with Crippen LogP contribution in [0.3, 0.4) is 0 Å². The molecule has 0 saturated heterocycles. The zero-order valence-corrected chi connectivity index (χ0v) is 14.6. The van der Waals surface area contributed by atoms with Gasteiger partial charge in [-0.3, -0.25) is 28.9 Å². The summed E-state index contributed by atoms with van der Waals surface area (Å²) in [6.07, 6.45) is 3.01. The summed E-state index contributed by atoms with van der Waals surface area (Å²) in [6, 6.07) is 5.92. The highest BCUT2D eigenvalue weighted by molar-refractivity contribution is 5.39. The molecular weight excluding hydrogens is 387 g/mol. The number of hydrogen-bond acceptors (Lipinski definition) is 8. The molecule has 3 heterocycles. The van der Waals surface area contributed by atoms with E-state index in [-0.39, 0.29) is 24.1 Å². The van der Waals surface area contributed by atoms with Crippen molar-refractivity contribution in [3.63, 3.8) is 0 Å². The number of hydrogen-bond donors (Lipinski definition) is 0. The van der Waals surface area contributed by atoms with Gasteiger partial charge in [0.2, 0.25) is 18.3 Å². The van der Waals surface area contributed by atoms with Gasteiger partial charge in [0.1, 0.15) is 0 Å². The lowest BCUT2D eigenvalue weighted by molar-refractivity contribution is -0.136. The molecule has 0 bridgehead atoms. The second kappa shape index (κ2) is 8.69. The minimum Gasteiger partial charge on any atom is -0.439 e. The van der Waals surface area contributed by atoms with E-state index in [0.717, 1.165) is 0 Å². The minimum atomic E-state index is -1.59. The van der Waals surface area contributed by atoms with Crippen LogP contribution in [0.4, 0.5) is 4.39 Å². The van der Waals surface area contributed by atoms with Gasteiger partial charge in [-0.05, 0) is 12.1 Å². The highest BCUT2D eigenvalue weighted by Gasteiger charge is 2.26. The van der Waals surface area contributed by atoms with E-state index in [4.69, 9.17) is 9.47 Å². The summed E-state index contributed by atoms with van der Waals surface area (Å²) >= 11 is 0. The van der Waals surface area contributed by atoms with Crippen LogP contribution in [-0.2, 0) is 19.1 Å². The Hall–Kier alpha value is -4.15. The van der Waals surface area contributed by atoms with Crippen molar-refractivity contribution in [3.05, 3.63) is 93.0 Å². The normalized spacial score (nSPS) is 12.6.